The van der Waals surface area contributed by atoms with Gasteiger partial charge in [-0.25, -0.2) is 0 Å². The predicted octanol–water partition coefficient (Wildman–Crippen LogP) is 0.113. The summed E-state index contributed by atoms with van der Waals surface area (Å²) in [6.45, 7) is 3.31. The van der Waals surface area contributed by atoms with Gasteiger partial charge in [-0.15, -0.1) is 0 Å². The van der Waals surface area contributed by atoms with Crippen LogP contribution in [-0.2, 0) is 11.3 Å². The molecule has 0 saturated carbocycles. The number of amides is 1. The summed E-state index contributed by atoms with van der Waals surface area (Å²) >= 11 is 0. The molecule has 1 heterocycles. The Kier molecular flexibility index (Phi) is 4.72. The summed E-state index contributed by atoms with van der Waals surface area (Å²) < 4.78 is 0. The zero-order chi connectivity index (χ0) is 12.0. The highest BCUT2D eigenvalue weighted by Crippen LogP contribution is 2.10. The van der Waals surface area contributed by atoms with Gasteiger partial charge in [0.05, 0.1) is 24.1 Å². The second-order valence-corrected chi connectivity index (χ2v) is 3.52. The molecule has 88 valence electrons. The molecule has 5 heteroatoms. The molecule has 0 atom stereocenters. The number of nitrogens with one attached hydrogen (secondary N) is 1. The van der Waals surface area contributed by atoms with Gasteiger partial charge < -0.3 is 16.0 Å². The normalized spacial score (nSPS) is 9.94. The van der Waals surface area contributed by atoms with E-state index in [1.807, 2.05) is 31.0 Å². The number of carbonyl (C=O) groups excluding carboxylic acids is 1. The molecule has 1 aromatic rings. The molecule has 1 aromatic heterocycles. The molecule has 3 N–H and O–H groups in total. The number of nitrogens with two attached hydrogens (primary N) is 1. The van der Waals surface area contributed by atoms with E-state index in [4.69, 9.17) is 5.73 Å². The maximum Gasteiger partial charge on any atom is 0.239 e. The molecular formula is C11H18N4O. The maximum absolute atomic E-state index is 11.4. The number of hydrogen-bond donors (Lipinski definition) is 2. The highest BCUT2D eigenvalue weighted by Gasteiger charge is 2.06. The molecule has 16 heavy (non-hydrogen) atoms. The Bertz CT molecular complexity index is 336. The first-order valence-electron chi connectivity index (χ1n) is 5.30. The molecule has 0 radical (unpaired) electrons. The van der Waals surface area contributed by atoms with Crippen LogP contribution in [0.3, 0.4) is 0 Å². The van der Waals surface area contributed by atoms with Gasteiger partial charge in [-0.3, -0.25) is 9.78 Å². The maximum atomic E-state index is 11.4. The Balaban J connectivity index is 2.58. The van der Waals surface area contributed by atoms with Crippen LogP contribution in [0.15, 0.2) is 18.3 Å². The number of likely N-dealkylation sites (N-methyl/N-ethyl adjacent to an activating group) is 2. The van der Waals surface area contributed by atoms with Crippen molar-refractivity contribution < 1.29 is 4.79 Å². The second-order valence-electron chi connectivity index (χ2n) is 3.52. The molecular weight excluding hydrogens is 204 g/mol. The first kappa shape index (κ1) is 12.4. The largest absolute Gasteiger partial charge is 0.364 e. The predicted molar refractivity (Wildman–Crippen MR) is 64.1 cm³/mol. The highest BCUT2D eigenvalue weighted by molar-refractivity contribution is 5.81. The third-order valence-corrected chi connectivity index (χ3v) is 2.21. The fourth-order valence-corrected chi connectivity index (χ4v) is 1.32. The number of carbonyl (C=O) groups is 1. The van der Waals surface area contributed by atoms with Gasteiger partial charge in [0.15, 0.2) is 0 Å². The Morgan fingerprint density at radius 1 is 1.56 bits per heavy atom. The second kappa shape index (κ2) is 6.07. The minimum absolute atomic E-state index is 0.00732. The summed E-state index contributed by atoms with van der Waals surface area (Å²) in [6, 6.07) is 3.78. The Morgan fingerprint density at radius 2 is 2.31 bits per heavy atom. The number of aromatic nitrogens is 1. The summed E-state index contributed by atoms with van der Waals surface area (Å²) in [5.74, 6) is 0.00732. The van der Waals surface area contributed by atoms with Crippen LogP contribution in [0, 0.1) is 0 Å². The molecule has 0 spiro atoms. The lowest BCUT2D eigenvalue weighted by Gasteiger charge is -2.18. The number of rotatable bonds is 5. The van der Waals surface area contributed by atoms with E-state index < -0.39 is 0 Å². The lowest BCUT2D eigenvalue weighted by Crippen LogP contribution is -2.35. The zero-order valence-electron chi connectivity index (χ0n) is 9.73. The van der Waals surface area contributed by atoms with Crippen molar-refractivity contribution in [3.05, 3.63) is 24.0 Å². The molecule has 0 bridgehead atoms. The number of anilines is 1. The van der Waals surface area contributed by atoms with Gasteiger partial charge in [-0.1, -0.05) is 0 Å². The quantitative estimate of drug-likeness (QED) is 0.742. The monoisotopic (exact) mass is 222 g/mol. The van der Waals surface area contributed by atoms with Crippen molar-refractivity contribution >= 4 is 11.6 Å². The zero-order valence-corrected chi connectivity index (χ0v) is 9.73. The fraction of sp³-hybridized carbons (Fsp3) is 0.455. The number of pyridine rings is 1. The molecule has 0 aromatic carbocycles. The van der Waals surface area contributed by atoms with Crippen molar-refractivity contribution in [3.63, 3.8) is 0 Å². The van der Waals surface area contributed by atoms with Crippen LogP contribution in [-0.4, -0.2) is 31.0 Å². The van der Waals surface area contributed by atoms with E-state index in [2.05, 4.69) is 10.3 Å². The summed E-state index contributed by atoms with van der Waals surface area (Å²) in [4.78, 5) is 17.4. The molecule has 0 fully saturated rings. The van der Waals surface area contributed by atoms with E-state index in [1.165, 1.54) is 0 Å². The summed E-state index contributed by atoms with van der Waals surface area (Å²) in [5.41, 5.74) is 7.20. The molecule has 0 aliphatic heterocycles. The summed E-state index contributed by atoms with van der Waals surface area (Å²) in [6.07, 6.45) is 1.72. The van der Waals surface area contributed by atoms with Crippen LogP contribution in [0.5, 0.6) is 0 Å². The van der Waals surface area contributed by atoms with Gasteiger partial charge in [0.1, 0.15) is 0 Å². The van der Waals surface area contributed by atoms with Crippen LogP contribution >= 0.6 is 0 Å². The lowest BCUT2D eigenvalue weighted by molar-refractivity contribution is -0.119. The van der Waals surface area contributed by atoms with E-state index in [1.54, 1.807) is 6.20 Å². The molecule has 1 amide bonds. The van der Waals surface area contributed by atoms with Crippen LogP contribution in [0.25, 0.3) is 0 Å². The summed E-state index contributed by atoms with van der Waals surface area (Å²) in [7, 11) is 1.86. The average molecular weight is 222 g/mol. The van der Waals surface area contributed by atoms with Gasteiger partial charge in [0, 0.05) is 20.1 Å². The molecule has 5 nitrogen and oxygen atoms in total. The number of nitrogens with zero attached hydrogens (tertiary/aromatic N) is 2. The summed E-state index contributed by atoms with van der Waals surface area (Å²) in [5, 5.41) is 2.75. The Labute approximate surface area is 95.7 Å². The minimum atomic E-state index is 0.00732. The smallest absolute Gasteiger partial charge is 0.239 e. The first-order valence-corrected chi connectivity index (χ1v) is 5.30. The van der Waals surface area contributed by atoms with Crippen molar-refractivity contribution in [3.8, 4) is 0 Å². The molecule has 0 aliphatic carbocycles. The SMILES string of the molecule is CCNC(=O)CN(C)c1ccc(CN)nc1. The fourth-order valence-electron chi connectivity index (χ4n) is 1.32. The van der Waals surface area contributed by atoms with Gasteiger partial charge >= 0.3 is 0 Å². The lowest BCUT2D eigenvalue weighted by atomic mass is 10.3. The van der Waals surface area contributed by atoms with E-state index in [9.17, 15) is 4.79 Å². The van der Waals surface area contributed by atoms with Gasteiger partial charge in [-0.2, -0.15) is 0 Å². The van der Waals surface area contributed by atoms with E-state index in [0.29, 0.717) is 19.6 Å². The first-order chi connectivity index (χ1) is 7.67. The average Bonchev–Trinajstić information content (AvgIpc) is 2.29. The van der Waals surface area contributed by atoms with Crippen molar-refractivity contribution in [2.24, 2.45) is 5.73 Å². The molecule has 0 aliphatic rings. The van der Waals surface area contributed by atoms with E-state index >= 15 is 0 Å². The van der Waals surface area contributed by atoms with E-state index in [0.717, 1.165) is 11.4 Å². The Morgan fingerprint density at radius 3 is 2.81 bits per heavy atom. The molecule has 0 saturated heterocycles. The number of hydrogen-bond acceptors (Lipinski definition) is 4. The van der Waals surface area contributed by atoms with Gasteiger partial charge in [0.2, 0.25) is 5.91 Å². The highest BCUT2D eigenvalue weighted by atomic mass is 16.1. The van der Waals surface area contributed by atoms with Crippen molar-refractivity contribution in [1.29, 1.82) is 0 Å². The van der Waals surface area contributed by atoms with Crippen molar-refractivity contribution in [2.45, 2.75) is 13.5 Å². The van der Waals surface area contributed by atoms with Crippen LogP contribution < -0.4 is 16.0 Å². The van der Waals surface area contributed by atoms with Crippen LogP contribution in [0.1, 0.15) is 12.6 Å². The van der Waals surface area contributed by atoms with Crippen LogP contribution in [0.2, 0.25) is 0 Å². The standard InChI is InChI=1S/C11H18N4O/c1-3-13-11(16)8-15(2)10-5-4-9(6-12)14-7-10/h4-5,7H,3,6,8,12H2,1-2H3,(H,13,16). The van der Waals surface area contributed by atoms with Gasteiger partial charge in [-0.05, 0) is 19.1 Å². The van der Waals surface area contributed by atoms with Crippen LogP contribution in [0.4, 0.5) is 5.69 Å². The molecule has 1 rings (SSSR count). The van der Waals surface area contributed by atoms with Crippen molar-refractivity contribution in [2.75, 3.05) is 25.0 Å². The van der Waals surface area contributed by atoms with Crippen molar-refractivity contribution in [1.82, 2.24) is 10.3 Å². The third kappa shape index (κ3) is 3.51. The Hall–Kier alpha value is -1.62. The topological polar surface area (TPSA) is 71.2 Å². The van der Waals surface area contributed by atoms with Gasteiger partial charge in [0.25, 0.3) is 0 Å². The molecule has 0 unspecified atom stereocenters. The van der Waals surface area contributed by atoms with E-state index in [-0.39, 0.29) is 5.91 Å². The third-order valence-electron chi connectivity index (χ3n) is 2.21. The minimum Gasteiger partial charge on any atom is -0.364 e.